The SMILES string of the molecule is O=C(O)c1ccccc1N1C(=O)[C@@H]2Cc3c([nH]c4ccccc34)C(c3ccccc3)N2C1=O. The number of aromatic nitrogens is 1. The lowest BCUT2D eigenvalue weighted by Crippen LogP contribution is -2.44. The second-order valence-electron chi connectivity index (χ2n) is 8.28. The third-order valence-electron chi connectivity index (χ3n) is 6.54. The van der Waals surface area contributed by atoms with E-state index in [1.165, 1.54) is 12.1 Å². The Kier molecular flexibility index (Phi) is 4.13. The quantitative estimate of drug-likeness (QED) is 0.466. The van der Waals surface area contributed by atoms with Crippen molar-refractivity contribution >= 4 is 34.5 Å². The fourth-order valence-corrected chi connectivity index (χ4v) is 5.13. The molecule has 7 nitrogen and oxygen atoms in total. The predicted octanol–water partition coefficient (Wildman–Crippen LogP) is 4.35. The van der Waals surface area contributed by atoms with Crippen molar-refractivity contribution in [2.75, 3.05) is 4.90 Å². The van der Waals surface area contributed by atoms with Crippen LogP contribution in [0.4, 0.5) is 10.5 Å². The number of para-hydroxylation sites is 2. The highest BCUT2D eigenvalue weighted by atomic mass is 16.4. The Hall–Kier alpha value is -4.39. The van der Waals surface area contributed by atoms with Gasteiger partial charge in [0.05, 0.1) is 11.3 Å². The van der Waals surface area contributed by atoms with Gasteiger partial charge in [0.2, 0.25) is 0 Å². The van der Waals surface area contributed by atoms with Crippen LogP contribution in [-0.4, -0.2) is 38.9 Å². The maximum absolute atomic E-state index is 13.8. The van der Waals surface area contributed by atoms with Crippen LogP contribution >= 0.6 is 0 Å². The number of urea groups is 1. The number of nitrogens with one attached hydrogen (secondary N) is 1. The molecule has 1 saturated heterocycles. The molecule has 2 atom stereocenters. The van der Waals surface area contributed by atoms with Gasteiger partial charge in [-0.2, -0.15) is 0 Å². The summed E-state index contributed by atoms with van der Waals surface area (Å²) in [6, 6.07) is 21.9. The molecule has 1 aromatic heterocycles. The molecule has 33 heavy (non-hydrogen) atoms. The minimum absolute atomic E-state index is 0.0840. The summed E-state index contributed by atoms with van der Waals surface area (Å²) >= 11 is 0. The van der Waals surface area contributed by atoms with Crippen molar-refractivity contribution in [3.05, 3.63) is 101 Å². The predicted molar refractivity (Wildman–Crippen MR) is 122 cm³/mol. The number of carbonyl (C=O) groups is 3. The highest BCUT2D eigenvalue weighted by molar-refractivity contribution is 6.23. The lowest BCUT2D eigenvalue weighted by molar-refractivity contribution is -0.120. The second-order valence-corrected chi connectivity index (χ2v) is 8.28. The number of carboxylic acids is 1. The molecule has 0 aliphatic carbocycles. The Bertz CT molecular complexity index is 1440. The van der Waals surface area contributed by atoms with Gasteiger partial charge in [-0.3, -0.25) is 9.69 Å². The molecule has 1 unspecified atom stereocenters. The number of nitrogens with zero attached hydrogens (tertiary/aromatic N) is 2. The van der Waals surface area contributed by atoms with Crippen LogP contribution in [0.1, 0.15) is 33.2 Å². The lowest BCUT2D eigenvalue weighted by atomic mass is 9.89. The molecule has 0 spiro atoms. The topological polar surface area (TPSA) is 93.7 Å². The molecule has 4 aromatic rings. The van der Waals surface area contributed by atoms with E-state index < -0.39 is 30.0 Å². The van der Waals surface area contributed by atoms with Crippen LogP contribution in [0.25, 0.3) is 10.9 Å². The number of rotatable bonds is 3. The van der Waals surface area contributed by atoms with Gasteiger partial charge in [-0.1, -0.05) is 60.7 Å². The zero-order valence-corrected chi connectivity index (χ0v) is 17.4. The first-order valence-corrected chi connectivity index (χ1v) is 10.7. The average molecular weight is 437 g/mol. The minimum atomic E-state index is -1.19. The zero-order valence-electron chi connectivity index (χ0n) is 17.4. The number of H-pyrrole nitrogens is 1. The van der Waals surface area contributed by atoms with E-state index in [9.17, 15) is 19.5 Å². The van der Waals surface area contributed by atoms with Gasteiger partial charge in [0.15, 0.2) is 0 Å². The molecule has 3 aromatic carbocycles. The molecule has 162 valence electrons. The van der Waals surface area contributed by atoms with Gasteiger partial charge in [0.25, 0.3) is 5.91 Å². The van der Waals surface area contributed by atoms with Gasteiger partial charge in [-0.25, -0.2) is 14.5 Å². The van der Waals surface area contributed by atoms with Gasteiger partial charge in [0.1, 0.15) is 12.1 Å². The number of aromatic amines is 1. The summed E-state index contributed by atoms with van der Waals surface area (Å²) in [6.45, 7) is 0. The largest absolute Gasteiger partial charge is 0.478 e. The molecule has 1 fully saturated rings. The number of fused-ring (bicyclic) bond motifs is 4. The third kappa shape index (κ3) is 2.72. The summed E-state index contributed by atoms with van der Waals surface area (Å²) in [6.07, 6.45) is 0.360. The molecule has 3 amide bonds. The number of imide groups is 1. The maximum Gasteiger partial charge on any atom is 0.337 e. The van der Waals surface area contributed by atoms with Gasteiger partial charge in [-0.15, -0.1) is 0 Å². The van der Waals surface area contributed by atoms with Crippen molar-refractivity contribution in [1.29, 1.82) is 0 Å². The van der Waals surface area contributed by atoms with E-state index in [-0.39, 0.29) is 11.3 Å². The van der Waals surface area contributed by atoms with Gasteiger partial charge >= 0.3 is 12.0 Å². The highest BCUT2D eigenvalue weighted by Crippen LogP contribution is 2.45. The van der Waals surface area contributed by atoms with Gasteiger partial charge in [0, 0.05) is 23.0 Å². The summed E-state index contributed by atoms with van der Waals surface area (Å²) < 4.78 is 0. The molecule has 7 heteroatoms. The number of aromatic carboxylic acids is 1. The molecule has 0 radical (unpaired) electrons. The highest BCUT2D eigenvalue weighted by Gasteiger charge is 2.53. The first-order valence-electron chi connectivity index (χ1n) is 10.7. The van der Waals surface area contributed by atoms with Crippen LogP contribution in [0.15, 0.2) is 78.9 Å². The van der Waals surface area contributed by atoms with E-state index >= 15 is 0 Å². The number of carboxylic acid groups (broad SMARTS) is 1. The lowest BCUT2D eigenvalue weighted by Gasteiger charge is -2.36. The molecule has 2 N–H and O–H groups in total. The number of anilines is 1. The molecule has 3 heterocycles. The summed E-state index contributed by atoms with van der Waals surface area (Å²) in [5, 5.41) is 10.7. The van der Waals surface area contributed by atoms with E-state index in [0.717, 1.165) is 32.6 Å². The number of benzene rings is 3. The number of amides is 3. The second kappa shape index (κ2) is 7.06. The standard InChI is InChI=1S/C26H19N3O4/c30-24-21-14-18-16-10-4-6-12-19(16)27-22(18)23(15-8-2-1-3-9-15)28(21)26(33)29(24)20-13-7-5-11-17(20)25(31)32/h1-13,21,23,27H,14H2,(H,31,32)/t21-,23?/m0/s1. The van der Waals surface area contributed by atoms with Crippen molar-refractivity contribution in [2.45, 2.75) is 18.5 Å². The molecule has 2 aliphatic rings. The number of hydrogen-bond donors (Lipinski definition) is 2. The summed E-state index contributed by atoms with van der Waals surface area (Å²) in [5.74, 6) is -1.60. The van der Waals surface area contributed by atoms with E-state index in [4.69, 9.17) is 0 Å². The zero-order chi connectivity index (χ0) is 22.7. The van der Waals surface area contributed by atoms with Crippen molar-refractivity contribution in [3.8, 4) is 0 Å². The van der Waals surface area contributed by atoms with Crippen molar-refractivity contribution in [1.82, 2.24) is 9.88 Å². The number of carbonyl (C=O) groups excluding carboxylic acids is 2. The van der Waals surface area contributed by atoms with Crippen LogP contribution in [-0.2, 0) is 11.2 Å². The van der Waals surface area contributed by atoms with E-state index in [2.05, 4.69) is 4.98 Å². The Morgan fingerprint density at radius 2 is 1.61 bits per heavy atom. The number of hydrogen-bond acceptors (Lipinski definition) is 3. The Morgan fingerprint density at radius 1 is 0.909 bits per heavy atom. The van der Waals surface area contributed by atoms with Crippen molar-refractivity contribution in [3.63, 3.8) is 0 Å². The molecule has 0 saturated carbocycles. The van der Waals surface area contributed by atoms with Crippen molar-refractivity contribution in [2.24, 2.45) is 0 Å². The molecule has 0 bridgehead atoms. The van der Waals surface area contributed by atoms with Crippen molar-refractivity contribution < 1.29 is 19.5 Å². The Morgan fingerprint density at radius 3 is 2.39 bits per heavy atom. The molecular weight excluding hydrogens is 418 g/mol. The van der Waals surface area contributed by atoms with Crippen LogP contribution in [0.2, 0.25) is 0 Å². The van der Waals surface area contributed by atoms with Crippen LogP contribution in [0.3, 0.4) is 0 Å². The van der Waals surface area contributed by atoms with Gasteiger partial charge < -0.3 is 10.1 Å². The van der Waals surface area contributed by atoms with Crippen LogP contribution in [0, 0.1) is 0 Å². The Labute approximate surface area is 188 Å². The summed E-state index contributed by atoms with van der Waals surface area (Å²) in [5.41, 5.74) is 3.74. The minimum Gasteiger partial charge on any atom is -0.478 e. The third-order valence-corrected chi connectivity index (χ3v) is 6.54. The van der Waals surface area contributed by atoms with Gasteiger partial charge in [-0.05, 0) is 29.3 Å². The van der Waals surface area contributed by atoms with E-state index in [1.807, 2.05) is 54.6 Å². The van der Waals surface area contributed by atoms with E-state index in [0.29, 0.717) is 6.42 Å². The van der Waals surface area contributed by atoms with Crippen LogP contribution < -0.4 is 4.90 Å². The van der Waals surface area contributed by atoms with E-state index in [1.54, 1.807) is 17.0 Å². The normalized spacial score (nSPS) is 19.6. The molecular formula is C26H19N3O4. The van der Waals surface area contributed by atoms with Crippen LogP contribution in [0.5, 0.6) is 0 Å². The monoisotopic (exact) mass is 437 g/mol. The smallest absolute Gasteiger partial charge is 0.337 e. The average Bonchev–Trinajstić information content (AvgIpc) is 3.33. The first kappa shape index (κ1) is 19.3. The summed E-state index contributed by atoms with van der Waals surface area (Å²) in [7, 11) is 0. The summed E-state index contributed by atoms with van der Waals surface area (Å²) in [4.78, 5) is 45.3. The Balaban J connectivity index is 1.55. The first-order chi connectivity index (χ1) is 16.1. The molecule has 2 aliphatic heterocycles. The molecule has 6 rings (SSSR count). The fourth-order valence-electron chi connectivity index (χ4n) is 5.13. The fraction of sp³-hybridized carbons (Fsp3) is 0.115. The maximum atomic E-state index is 13.8.